The first-order chi connectivity index (χ1) is 7.88. The lowest BCUT2D eigenvalue weighted by Crippen LogP contribution is -2.18. The van der Waals surface area contributed by atoms with Gasteiger partial charge >= 0.3 is 7.25 Å². The van der Waals surface area contributed by atoms with Crippen LogP contribution in [0.1, 0.15) is 18.4 Å². The van der Waals surface area contributed by atoms with Gasteiger partial charge in [0.2, 0.25) is 0 Å². The highest BCUT2D eigenvalue weighted by molar-refractivity contribution is 6.50. The molecule has 0 spiro atoms. The minimum absolute atomic E-state index is 1.24. The largest absolute Gasteiger partial charge is 0.673 e. The Hall–Kier alpha value is -1.20. The van der Waals surface area contributed by atoms with Gasteiger partial charge in [-0.3, -0.25) is 0 Å². The topological polar surface area (TPSA) is 3.24 Å². The van der Waals surface area contributed by atoms with Gasteiger partial charge in [-0.1, -0.05) is 18.2 Å². The summed E-state index contributed by atoms with van der Waals surface area (Å²) >= 11 is 0. The fraction of sp³-hybridized carbons (Fsp3) is 0.455. The molecule has 1 aliphatic heterocycles. The van der Waals surface area contributed by atoms with Crippen molar-refractivity contribution in [3.63, 3.8) is 0 Å². The van der Waals surface area contributed by atoms with E-state index >= 15 is 0 Å². The van der Waals surface area contributed by atoms with Crippen molar-refractivity contribution in [1.82, 2.24) is 0 Å². The minimum atomic E-state index is -6.00. The van der Waals surface area contributed by atoms with E-state index in [1.165, 1.54) is 37.2 Å². The standard InChI is InChI=1S/C11H15N.BF4/c1-10-6-2-3-7-11(10)12-8-4-5-9-12;2-1(3,4)5/h2-3,6-7H,4-5,8-9H2,1H3;/q;-1. The van der Waals surface area contributed by atoms with Gasteiger partial charge in [0.15, 0.2) is 0 Å². The maximum absolute atomic E-state index is 9.75. The van der Waals surface area contributed by atoms with E-state index in [1.807, 2.05) is 0 Å². The van der Waals surface area contributed by atoms with Crippen molar-refractivity contribution in [2.75, 3.05) is 18.0 Å². The third-order valence-electron chi connectivity index (χ3n) is 2.56. The van der Waals surface area contributed by atoms with E-state index in [9.17, 15) is 17.3 Å². The Morgan fingerprint density at radius 2 is 1.47 bits per heavy atom. The lowest BCUT2D eigenvalue weighted by atomic mass is 10.2. The molecule has 17 heavy (non-hydrogen) atoms. The molecule has 0 bridgehead atoms. The summed E-state index contributed by atoms with van der Waals surface area (Å²) in [5, 5.41) is 0. The lowest BCUT2D eigenvalue weighted by Gasteiger charge is -2.19. The van der Waals surface area contributed by atoms with Crippen molar-refractivity contribution in [3.8, 4) is 0 Å². The first kappa shape index (κ1) is 13.9. The summed E-state index contributed by atoms with van der Waals surface area (Å²) < 4.78 is 39.0. The van der Waals surface area contributed by atoms with Crippen LogP contribution in [0.2, 0.25) is 0 Å². The lowest BCUT2D eigenvalue weighted by molar-refractivity contribution is 0.368. The first-order valence-corrected chi connectivity index (χ1v) is 5.56. The molecule has 1 fully saturated rings. The van der Waals surface area contributed by atoms with Crippen LogP contribution in [-0.4, -0.2) is 20.3 Å². The Labute approximate surface area is 98.5 Å². The van der Waals surface area contributed by atoms with Crippen molar-refractivity contribution < 1.29 is 17.3 Å². The molecular weight excluding hydrogens is 233 g/mol. The second-order valence-corrected chi connectivity index (χ2v) is 3.98. The number of para-hydroxylation sites is 1. The quantitative estimate of drug-likeness (QED) is 0.538. The van der Waals surface area contributed by atoms with Gasteiger partial charge in [0, 0.05) is 18.8 Å². The molecule has 0 N–H and O–H groups in total. The summed E-state index contributed by atoms with van der Waals surface area (Å²) in [7, 11) is -6.00. The van der Waals surface area contributed by atoms with E-state index in [2.05, 4.69) is 36.1 Å². The van der Waals surface area contributed by atoms with E-state index in [-0.39, 0.29) is 0 Å². The number of benzene rings is 1. The zero-order valence-electron chi connectivity index (χ0n) is 9.67. The second kappa shape index (κ2) is 5.93. The van der Waals surface area contributed by atoms with Gasteiger partial charge in [-0.15, -0.1) is 0 Å². The van der Waals surface area contributed by atoms with Gasteiger partial charge < -0.3 is 22.2 Å². The van der Waals surface area contributed by atoms with Crippen LogP contribution in [0.25, 0.3) is 0 Å². The smallest absolute Gasteiger partial charge is 0.418 e. The molecule has 1 saturated heterocycles. The van der Waals surface area contributed by atoms with Gasteiger partial charge in [0.05, 0.1) is 0 Å². The molecule has 1 aromatic rings. The molecule has 2 rings (SSSR count). The highest BCUT2D eigenvalue weighted by atomic mass is 19.5. The molecule has 1 heterocycles. The fourth-order valence-electron chi connectivity index (χ4n) is 1.88. The van der Waals surface area contributed by atoms with Crippen molar-refractivity contribution in [1.29, 1.82) is 0 Å². The number of halogens is 4. The summed E-state index contributed by atoms with van der Waals surface area (Å²) in [4.78, 5) is 2.48. The van der Waals surface area contributed by atoms with E-state index in [0.29, 0.717) is 0 Å². The van der Waals surface area contributed by atoms with Crippen molar-refractivity contribution in [3.05, 3.63) is 29.8 Å². The van der Waals surface area contributed by atoms with Crippen LogP contribution in [0, 0.1) is 6.92 Å². The predicted octanol–water partition coefficient (Wildman–Crippen LogP) is 3.90. The zero-order chi connectivity index (χ0) is 12.9. The third-order valence-corrected chi connectivity index (χ3v) is 2.56. The van der Waals surface area contributed by atoms with Crippen LogP contribution in [-0.2, 0) is 0 Å². The van der Waals surface area contributed by atoms with E-state index in [4.69, 9.17) is 0 Å². The molecule has 1 aromatic carbocycles. The van der Waals surface area contributed by atoms with Gasteiger partial charge in [0.25, 0.3) is 0 Å². The summed E-state index contributed by atoms with van der Waals surface area (Å²) in [6, 6.07) is 8.64. The zero-order valence-corrected chi connectivity index (χ0v) is 9.67. The molecule has 0 aliphatic carbocycles. The number of rotatable bonds is 1. The summed E-state index contributed by atoms with van der Waals surface area (Å²) in [6.07, 6.45) is 2.71. The van der Waals surface area contributed by atoms with Crippen LogP contribution in [0.15, 0.2) is 24.3 Å². The second-order valence-electron chi connectivity index (χ2n) is 3.98. The summed E-state index contributed by atoms with van der Waals surface area (Å²) in [5.74, 6) is 0. The molecule has 1 aliphatic rings. The highest BCUT2D eigenvalue weighted by Gasteiger charge is 2.20. The van der Waals surface area contributed by atoms with Gasteiger partial charge in [-0.05, 0) is 31.4 Å². The first-order valence-electron chi connectivity index (χ1n) is 5.56. The summed E-state index contributed by atoms with van der Waals surface area (Å²) in [5.41, 5.74) is 2.83. The van der Waals surface area contributed by atoms with Gasteiger partial charge in [0.1, 0.15) is 0 Å². The van der Waals surface area contributed by atoms with E-state index in [1.54, 1.807) is 0 Å². The molecule has 0 unspecified atom stereocenters. The molecule has 0 atom stereocenters. The normalized spacial score (nSPS) is 15.5. The van der Waals surface area contributed by atoms with Crippen LogP contribution in [0.3, 0.4) is 0 Å². The molecule has 0 aromatic heterocycles. The molecule has 1 nitrogen and oxygen atoms in total. The van der Waals surface area contributed by atoms with Crippen LogP contribution in [0.4, 0.5) is 23.0 Å². The van der Waals surface area contributed by atoms with Gasteiger partial charge in [-0.25, -0.2) is 0 Å². The Morgan fingerprint density at radius 1 is 1.00 bits per heavy atom. The highest BCUT2D eigenvalue weighted by Crippen LogP contribution is 2.23. The fourth-order valence-corrected chi connectivity index (χ4v) is 1.88. The average Bonchev–Trinajstić information content (AvgIpc) is 2.68. The number of anilines is 1. The molecule has 96 valence electrons. The Bertz CT molecular complexity index is 342. The number of hydrogen-bond acceptors (Lipinski definition) is 1. The average molecular weight is 248 g/mol. The molecular formula is C11H15BF4N-. The monoisotopic (exact) mass is 248 g/mol. The van der Waals surface area contributed by atoms with E-state index < -0.39 is 7.25 Å². The molecule has 0 amide bonds. The number of nitrogens with zero attached hydrogens (tertiary/aromatic N) is 1. The van der Waals surface area contributed by atoms with Crippen LogP contribution >= 0.6 is 0 Å². The van der Waals surface area contributed by atoms with Crippen molar-refractivity contribution in [2.24, 2.45) is 0 Å². The molecule has 6 heteroatoms. The maximum Gasteiger partial charge on any atom is 0.673 e. The van der Waals surface area contributed by atoms with E-state index in [0.717, 1.165) is 0 Å². The Kier molecular flexibility index (Phi) is 4.84. The Morgan fingerprint density at radius 3 is 1.94 bits per heavy atom. The summed E-state index contributed by atoms with van der Waals surface area (Å²) in [6.45, 7) is 4.67. The molecule has 0 saturated carbocycles. The van der Waals surface area contributed by atoms with Gasteiger partial charge in [-0.2, -0.15) is 0 Å². The Balaban J connectivity index is 0.000000249. The number of hydrogen-bond donors (Lipinski definition) is 0. The van der Waals surface area contributed by atoms with Crippen molar-refractivity contribution in [2.45, 2.75) is 19.8 Å². The third kappa shape index (κ3) is 5.61. The maximum atomic E-state index is 9.75. The SMILES string of the molecule is Cc1ccccc1N1CCCC1.F[B-](F)(F)F. The van der Waals surface area contributed by atoms with Crippen LogP contribution in [0.5, 0.6) is 0 Å². The predicted molar refractivity (Wildman–Crippen MR) is 62.8 cm³/mol. The minimum Gasteiger partial charge on any atom is -0.418 e. The number of aryl methyl sites for hydroxylation is 1. The van der Waals surface area contributed by atoms with Crippen LogP contribution < -0.4 is 4.90 Å². The van der Waals surface area contributed by atoms with Crippen molar-refractivity contribution >= 4 is 12.9 Å². The molecule has 0 radical (unpaired) electrons.